The largest absolute Gasteiger partial charge is 0.457 e. The minimum Gasteiger partial charge on any atom is -0.457 e. The molecule has 7 heteroatoms. The number of hydrogen-bond acceptors (Lipinski definition) is 5. The van der Waals surface area contributed by atoms with Crippen LogP contribution in [0.15, 0.2) is 60.9 Å². The lowest BCUT2D eigenvalue weighted by atomic mass is 9.96. The lowest BCUT2D eigenvalue weighted by Crippen LogP contribution is -2.47. The number of pyridine rings is 1. The van der Waals surface area contributed by atoms with E-state index < -0.39 is 0 Å². The van der Waals surface area contributed by atoms with Crippen molar-refractivity contribution in [2.45, 2.75) is 45.2 Å². The zero-order chi connectivity index (χ0) is 25.2. The van der Waals surface area contributed by atoms with Gasteiger partial charge >= 0.3 is 0 Å². The van der Waals surface area contributed by atoms with Crippen LogP contribution in [0.4, 0.5) is 0 Å². The fourth-order valence-corrected chi connectivity index (χ4v) is 4.91. The van der Waals surface area contributed by atoms with Gasteiger partial charge in [-0.05, 0) is 69.1 Å². The van der Waals surface area contributed by atoms with Gasteiger partial charge in [-0.25, -0.2) is 0 Å². The van der Waals surface area contributed by atoms with Gasteiger partial charge in [0.2, 0.25) is 0 Å². The van der Waals surface area contributed by atoms with Crippen LogP contribution in [0.2, 0.25) is 0 Å². The number of nitrogens with one attached hydrogen (secondary N) is 1. The van der Waals surface area contributed by atoms with E-state index in [9.17, 15) is 4.79 Å². The molecule has 186 valence electrons. The molecule has 2 atom stereocenters. The molecule has 0 bridgehead atoms. The monoisotopic (exact) mass is 483 g/mol. The second kappa shape index (κ2) is 10.1. The van der Waals surface area contributed by atoms with Crippen molar-refractivity contribution in [1.29, 1.82) is 0 Å². The molecule has 1 fully saturated rings. The van der Waals surface area contributed by atoms with Crippen LogP contribution in [0, 0.1) is 0 Å². The lowest BCUT2D eigenvalue weighted by Gasteiger charge is -2.35. The molecule has 0 saturated carbocycles. The fourth-order valence-electron chi connectivity index (χ4n) is 4.91. The summed E-state index contributed by atoms with van der Waals surface area (Å²) in [7, 11) is 4.06. The maximum absolute atomic E-state index is 13.1. The van der Waals surface area contributed by atoms with Crippen molar-refractivity contribution < 1.29 is 9.53 Å². The third-order valence-corrected chi connectivity index (χ3v) is 7.26. The van der Waals surface area contributed by atoms with Crippen LogP contribution in [0.25, 0.3) is 22.2 Å². The Morgan fingerprint density at radius 2 is 1.94 bits per heavy atom. The Labute approximate surface area is 212 Å². The van der Waals surface area contributed by atoms with Crippen LogP contribution in [0.1, 0.15) is 42.6 Å². The molecular weight excluding hydrogens is 450 g/mol. The van der Waals surface area contributed by atoms with Gasteiger partial charge in [-0.1, -0.05) is 13.0 Å². The van der Waals surface area contributed by atoms with E-state index in [2.05, 4.69) is 47.3 Å². The van der Waals surface area contributed by atoms with Crippen LogP contribution in [0.3, 0.4) is 0 Å². The Morgan fingerprint density at radius 1 is 1.11 bits per heavy atom. The summed E-state index contributed by atoms with van der Waals surface area (Å²) >= 11 is 0. The first-order valence-electron chi connectivity index (χ1n) is 12.6. The molecule has 2 aromatic heterocycles. The van der Waals surface area contributed by atoms with Gasteiger partial charge in [-0.2, -0.15) is 5.10 Å². The second-order valence-electron chi connectivity index (χ2n) is 9.72. The predicted octanol–water partition coefficient (Wildman–Crippen LogP) is 5.20. The summed E-state index contributed by atoms with van der Waals surface area (Å²) in [6, 6.07) is 16.4. The first-order chi connectivity index (χ1) is 17.4. The van der Waals surface area contributed by atoms with Gasteiger partial charge in [-0.15, -0.1) is 0 Å². The molecule has 1 saturated heterocycles. The van der Waals surface area contributed by atoms with E-state index in [1.807, 2.05) is 60.4 Å². The number of piperidine rings is 1. The van der Waals surface area contributed by atoms with E-state index in [0.29, 0.717) is 11.8 Å². The standard InChI is InChI=1S/C29H33N5O2/c1-5-20-15-21(7-9-26(20)29(35)32-23-11-13-33(3)19(2)14-23)27-16-25(10-12-30-27)36-24-8-6-22-18-31-34(4)28(22)17-24/h6-10,12,15-19,23H,5,11,13-14H2,1-4H3,(H,32,35)/t19-,23+/m0/s1. The number of ether oxygens (including phenoxy) is 1. The number of hydrogen-bond donors (Lipinski definition) is 1. The van der Waals surface area contributed by atoms with Crippen molar-refractivity contribution in [3.05, 3.63) is 72.1 Å². The lowest BCUT2D eigenvalue weighted by molar-refractivity contribution is 0.0895. The zero-order valence-electron chi connectivity index (χ0n) is 21.4. The van der Waals surface area contributed by atoms with Gasteiger partial charge in [0.15, 0.2) is 0 Å². The SMILES string of the molecule is CCc1cc(-c2cc(Oc3ccc4cnn(C)c4c3)ccn2)ccc1C(=O)N[C@@H]1CCN(C)[C@@H](C)C1. The predicted molar refractivity (Wildman–Crippen MR) is 142 cm³/mol. The third kappa shape index (κ3) is 4.97. The van der Waals surface area contributed by atoms with Crippen molar-refractivity contribution >= 4 is 16.8 Å². The number of carbonyl (C=O) groups excluding carboxylic acids is 1. The summed E-state index contributed by atoms with van der Waals surface area (Å²) in [5, 5.41) is 8.63. The van der Waals surface area contributed by atoms with Crippen LogP contribution in [0.5, 0.6) is 11.5 Å². The van der Waals surface area contributed by atoms with E-state index in [0.717, 1.165) is 64.8 Å². The summed E-state index contributed by atoms with van der Waals surface area (Å²) < 4.78 is 7.97. The summed E-state index contributed by atoms with van der Waals surface area (Å²) in [6.07, 6.45) is 6.32. The molecule has 4 aromatic rings. The minimum atomic E-state index is 0.00996. The highest BCUT2D eigenvalue weighted by molar-refractivity contribution is 5.96. The smallest absolute Gasteiger partial charge is 0.251 e. The van der Waals surface area contributed by atoms with Crippen LogP contribution < -0.4 is 10.1 Å². The highest BCUT2D eigenvalue weighted by atomic mass is 16.5. The van der Waals surface area contributed by atoms with Gasteiger partial charge in [0.1, 0.15) is 11.5 Å². The van der Waals surface area contributed by atoms with Gasteiger partial charge in [0.05, 0.1) is 17.4 Å². The molecule has 36 heavy (non-hydrogen) atoms. The maximum Gasteiger partial charge on any atom is 0.251 e. The molecule has 1 N–H and O–H groups in total. The van der Waals surface area contributed by atoms with Crippen molar-refractivity contribution in [2.75, 3.05) is 13.6 Å². The summed E-state index contributed by atoms with van der Waals surface area (Å²) in [4.78, 5) is 20.0. The number of benzene rings is 2. The molecular formula is C29H33N5O2. The number of nitrogens with zero attached hydrogens (tertiary/aromatic N) is 4. The molecule has 0 spiro atoms. The third-order valence-electron chi connectivity index (χ3n) is 7.26. The number of aromatic nitrogens is 3. The molecule has 1 amide bonds. The zero-order valence-corrected chi connectivity index (χ0v) is 21.4. The number of carbonyl (C=O) groups is 1. The number of fused-ring (bicyclic) bond motifs is 1. The molecule has 7 nitrogen and oxygen atoms in total. The Kier molecular flexibility index (Phi) is 6.74. The second-order valence-corrected chi connectivity index (χ2v) is 9.72. The van der Waals surface area contributed by atoms with E-state index in [1.165, 1.54) is 0 Å². The summed E-state index contributed by atoms with van der Waals surface area (Å²) in [6.45, 7) is 5.30. The average molecular weight is 484 g/mol. The first kappa shape index (κ1) is 24.0. The molecule has 0 unspecified atom stereocenters. The van der Waals surface area contributed by atoms with Crippen LogP contribution in [-0.2, 0) is 13.5 Å². The van der Waals surface area contributed by atoms with E-state index in [4.69, 9.17) is 4.74 Å². The number of aryl methyl sites for hydroxylation is 2. The van der Waals surface area contributed by atoms with Crippen molar-refractivity contribution in [3.8, 4) is 22.8 Å². The normalized spacial score (nSPS) is 18.3. The topological polar surface area (TPSA) is 72.3 Å². The molecule has 2 aromatic carbocycles. The fraction of sp³-hybridized carbons (Fsp3) is 0.345. The maximum atomic E-state index is 13.1. The summed E-state index contributed by atoms with van der Waals surface area (Å²) in [5.41, 5.74) is 4.53. The van der Waals surface area contributed by atoms with Gasteiger partial charge in [0, 0.05) is 60.5 Å². The van der Waals surface area contributed by atoms with Gasteiger partial charge in [-0.3, -0.25) is 14.5 Å². The van der Waals surface area contributed by atoms with Crippen molar-refractivity contribution in [1.82, 2.24) is 25.0 Å². The number of likely N-dealkylation sites (tertiary alicyclic amines) is 1. The quantitative estimate of drug-likeness (QED) is 0.408. The molecule has 1 aliphatic heterocycles. The Hall–Kier alpha value is -3.71. The van der Waals surface area contributed by atoms with Gasteiger partial charge < -0.3 is 15.0 Å². The van der Waals surface area contributed by atoms with E-state index in [-0.39, 0.29) is 11.9 Å². The number of amides is 1. The molecule has 3 heterocycles. The Bertz CT molecular complexity index is 1400. The average Bonchev–Trinajstić information content (AvgIpc) is 3.26. The van der Waals surface area contributed by atoms with Crippen LogP contribution in [-0.4, -0.2) is 51.2 Å². The van der Waals surface area contributed by atoms with E-state index >= 15 is 0 Å². The Balaban J connectivity index is 1.34. The van der Waals surface area contributed by atoms with Crippen molar-refractivity contribution in [2.24, 2.45) is 7.05 Å². The molecule has 1 aliphatic rings. The van der Waals surface area contributed by atoms with E-state index in [1.54, 1.807) is 6.20 Å². The van der Waals surface area contributed by atoms with Crippen LogP contribution >= 0.6 is 0 Å². The highest BCUT2D eigenvalue weighted by Gasteiger charge is 2.25. The van der Waals surface area contributed by atoms with Crippen molar-refractivity contribution in [3.63, 3.8) is 0 Å². The highest BCUT2D eigenvalue weighted by Crippen LogP contribution is 2.29. The first-order valence-corrected chi connectivity index (χ1v) is 12.6. The Morgan fingerprint density at radius 3 is 2.75 bits per heavy atom. The minimum absolute atomic E-state index is 0.00996. The molecule has 0 radical (unpaired) electrons. The molecule has 5 rings (SSSR count). The summed E-state index contributed by atoms with van der Waals surface area (Å²) in [5.74, 6) is 1.46. The van der Waals surface area contributed by atoms with Gasteiger partial charge in [0.25, 0.3) is 5.91 Å². The number of rotatable bonds is 6. The molecule has 0 aliphatic carbocycles.